The first-order valence-electron chi connectivity index (χ1n) is 6.13. The third-order valence-corrected chi connectivity index (χ3v) is 5.25. The molecular formula is C13H18ClN3S2. The molecule has 0 aliphatic heterocycles. The van der Waals surface area contributed by atoms with Gasteiger partial charge in [-0.1, -0.05) is 11.6 Å². The zero-order valence-electron chi connectivity index (χ0n) is 11.7. The Balaban J connectivity index is 2.13. The fourth-order valence-corrected chi connectivity index (χ4v) is 4.10. The summed E-state index contributed by atoms with van der Waals surface area (Å²) in [5.74, 6) is 2.73. The van der Waals surface area contributed by atoms with Gasteiger partial charge in [0.15, 0.2) is 0 Å². The Morgan fingerprint density at radius 3 is 2.68 bits per heavy atom. The number of halogens is 1. The highest BCUT2D eigenvalue weighted by Gasteiger charge is 2.13. The molecule has 0 radical (unpaired) electrons. The number of thioether (sulfide) groups is 1. The van der Waals surface area contributed by atoms with Crippen LogP contribution in [0.4, 0.5) is 0 Å². The summed E-state index contributed by atoms with van der Waals surface area (Å²) in [4.78, 5) is 13.5. The van der Waals surface area contributed by atoms with Gasteiger partial charge in [-0.05, 0) is 33.5 Å². The molecule has 0 unspecified atom stereocenters. The summed E-state index contributed by atoms with van der Waals surface area (Å²) < 4.78 is 0. The fraction of sp³-hybridized carbons (Fsp3) is 0.538. The van der Waals surface area contributed by atoms with Crippen molar-refractivity contribution >= 4 is 44.9 Å². The van der Waals surface area contributed by atoms with Crippen LogP contribution in [0, 0.1) is 13.8 Å². The molecule has 2 rings (SSSR count). The van der Waals surface area contributed by atoms with E-state index in [-0.39, 0.29) is 0 Å². The smallest absolute Gasteiger partial charge is 0.141 e. The van der Waals surface area contributed by atoms with Crippen LogP contribution in [0.1, 0.15) is 16.3 Å². The van der Waals surface area contributed by atoms with E-state index in [2.05, 4.69) is 42.8 Å². The average Bonchev–Trinajstić information content (AvgIpc) is 2.61. The van der Waals surface area contributed by atoms with Crippen molar-refractivity contribution in [2.24, 2.45) is 0 Å². The topological polar surface area (TPSA) is 29.0 Å². The summed E-state index contributed by atoms with van der Waals surface area (Å²) in [5.41, 5.74) is 1.21. The molecule has 0 fully saturated rings. The zero-order valence-corrected chi connectivity index (χ0v) is 14.0. The minimum absolute atomic E-state index is 0.593. The van der Waals surface area contributed by atoms with E-state index in [0.29, 0.717) is 5.15 Å². The summed E-state index contributed by atoms with van der Waals surface area (Å²) in [6.07, 6.45) is 0. The molecule has 0 saturated carbocycles. The number of thiophene rings is 1. The van der Waals surface area contributed by atoms with Crippen molar-refractivity contribution in [2.75, 3.05) is 26.4 Å². The van der Waals surface area contributed by atoms with Crippen LogP contribution in [-0.4, -0.2) is 41.3 Å². The molecule has 2 aromatic rings. The monoisotopic (exact) mass is 315 g/mol. The van der Waals surface area contributed by atoms with E-state index in [1.807, 2.05) is 11.8 Å². The van der Waals surface area contributed by atoms with Gasteiger partial charge >= 0.3 is 0 Å². The lowest BCUT2D eigenvalue weighted by Crippen LogP contribution is -2.14. The van der Waals surface area contributed by atoms with E-state index in [1.165, 1.54) is 10.4 Å². The van der Waals surface area contributed by atoms with Gasteiger partial charge in [-0.2, -0.15) is 11.8 Å². The number of aromatic nitrogens is 2. The molecule has 0 aliphatic rings. The molecule has 2 aromatic heterocycles. The lowest BCUT2D eigenvalue weighted by Gasteiger charge is -2.08. The van der Waals surface area contributed by atoms with Crippen LogP contribution in [0.2, 0.25) is 5.15 Å². The van der Waals surface area contributed by atoms with Gasteiger partial charge in [-0.15, -0.1) is 11.3 Å². The van der Waals surface area contributed by atoms with Gasteiger partial charge in [0.25, 0.3) is 0 Å². The number of hydrogen-bond donors (Lipinski definition) is 0. The number of aryl methyl sites for hydroxylation is 2. The van der Waals surface area contributed by atoms with Crippen LogP contribution in [0.3, 0.4) is 0 Å². The van der Waals surface area contributed by atoms with Crippen molar-refractivity contribution in [3.8, 4) is 0 Å². The van der Waals surface area contributed by atoms with Crippen molar-refractivity contribution < 1.29 is 0 Å². The SMILES string of the molecule is Cc1sc2nc(CSCCN(C)C)nc(Cl)c2c1C. The van der Waals surface area contributed by atoms with Gasteiger partial charge in [0.05, 0.1) is 11.1 Å². The normalized spacial score (nSPS) is 11.7. The predicted octanol–water partition coefficient (Wildman–Crippen LogP) is 3.76. The standard InChI is InChI=1S/C13H18ClN3S2/c1-8-9(2)19-13-11(8)12(14)15-10(16-13)7-18-6-5-17(3)4/h5-7H2,1-4H3. The second-order valence-corrected chi connectivity index (χ2v) is 7.42. The van der Waals surface area contributed by atoms with Gasteiger partial charge < -0.3 is 4.90 Å². The zero-order chi connectivity index (χ0) is 14.0. The van der Waals surface area contributed by atoms with Gasteiger partial charge in [0.1, 0.15) is 15.8 Å². The number of nitrogens with zero attached hydrogens (tertiary/aromatic N) is 3. The molecule has 0 aliphatic carbocycles. The summed E-state index contributed by atoms with van der Waals surface area (Å²) in [6.45, 7) is 5.25. The second kappa shape index (κ2) is 6.39. The Morgan fingerprint density at radius 1 is 1.26 bits per heavy atom. The summed E-state index contributed by atoms with van der Waals surface area (Å²) in [6, 6.07) is 0. The third-order valence-electron chi connectivity index (χ3n) is 2.94. The minimum atomic E-state index is 0.593. The fourth-order valence-electron chi connectivity index (χ4n) is 1.72. The van der Waals surface area contributed by atoms with Crippen LogP contribution in [0.25, 0.3) is 10.2 Å². The number of rotatable bonds is 5. The molecule has 2 heterocycles. The molecule has 3 nitrogen and oxygen atoms in total. The van der Waals surface area contributed by atoms with Crippen LogP contribution >= 0.6 is 34.7 Å². The van der Waals surface area contributed by atoms with Crippen LogP contribution in [-0.2, 0) is 5.75 Å². The lowest BCUT2D eigenvalue weighted by atomic mass is 10.2. The Kier molecular flexibility index (Phi) is 5.06. The van der Waals surface area contributed by atoms with E-state index >= 15 is 0 Å². The molecule has 0 aromatic carbocycles. The van der Waals surface area contributed by atoms with Gasteiger partial charge in [-0.3, -0.25) is 0 Å². The first-order valence-corrected chi connectivity index (χ1v) is 8.48. The maximum atomic E-state index is 6.28. The van der Waals surface area contributed by atoms with E-state index in [9.17, 15) is 0 Å². The Bertz CT molecular complexity index is 581. The lowest BCUT2D eigenvalue weighted by molar-refractivity contribution is 0.437. The first kappa shape index (κ1) is 15.0. The van der Waals surface area contributed by atoms with Gasteiger partial charge in [0, 0.05) is 17.2 Å². The molecular weight excluding hydrogens is 298 g/mol. The average molecular weight is 316 g/mol. The highest BCUT2D eigenvalue weighted by atomic mass is 35.5. The molecule has 0 bridgehead atoms. The van der Waals surface area contributed by atoms with Crippen molar-refractivity contribution in [3.63, 3.8) is 0 Å². The predicted molar refractivity (Wildman–Crippen MR) is 86.6 cm³/mol. The minimum Gasteiger partial charge on any atom is -0.309 e. The van der Waals surface area contributed by atoms with Gasteiger partial charge in [0.2, 0.25) is 0 Å². The maximum absolute atomic E-state index is 6.28. The Labute approximate surface area is 127 Å². The molecule has 0 saturated heterocycles. The van der Waals surface area contributed by atoms with E-state index in [4.69, 9.17) is 11.6 Å². The number of fused-ring (bicyclic) bond motifs is 1. The molecule has 6 heteroatoms. The molecule has 0 atom stereocenters. The summed E-state index contributed by atoms with van der Waals surface area (Å²) in [5, 5.41) is 1.61. The third kappa shape index (κ3) is 3.60. The van der Waals surface area contributed by atoms with E-state index < -0.39 is 0 Å². The van der Waals surface area contributed by atoms with Crippen LogP contribution in [0.15, 0.2) is 0 Å². The number of hydrogen-bond acceptors (Lipinski definition) is 5. The quantitative estimate of drug-likeness (QED) is 0.620. The maximum Gasteiger partial charge on any atom is 0.141 e. The highest BCUT2D eigenvalue weighted by Crippen LogP contribution is 2.33. The highest BCUT2D eigenvalue weighted by molar-refractivity contribution is 7.98. The van der Waals surface area contributed by atoms with E-state index in [0.717, 1.165) is 34.1 Å². The van der Waals surface area contributed by atoms with Crippen molar-refractivity contribution in [1.29, 1.82) is 0 Å². The molecule has 104 valence electrons. The molecule has 0 amide bonds. The van der Waals surface area contributed by atoms with Crippen molar-refractivity contribution in [3.05, 3.63) is 21.4 Å². The molecule has 0 spiro atoms. The van der Waals surface area contributed by atoms with Crippen LogP contribution < -0.4 is 0 Å². The Hall–Kier alpha value is -0.360. The van der Waals surface area contributed by atoms with Crippen molar-refractivity contribution in [1.82, 2.24) is 14.9 Å². The largest absolute Gasteiger partial charge is 0.309 e. The van der Waals surface area contributed by atoms with Crippen LogP contribution in [0.5, 0.6) is 0 Å². The van der Waals surface area contributed by atoms with E-state index in [1.54, 1.807) is 11.3 Å². The second-order valence-electron chi connectivity index (χ2n) is 4.75. The van der Waals surface area contributed by atoms with Crippen molar-refractivity contribution in [2.45, 2.75) is 19.6 Å². The first-order chi connectivity index (χ1) is 8.99. The summed E-state index contributed by atoms with van der Waals surface area (Å²) >= 11 is 9.82. The van der Waals surface area contributed by atoms with Gasteiger partial charge in [-0.25, -0.2) is 9.97 Å². The molecule has 19 heavy (non-hydrogen) atoms. The Morgan fingerprint density at radius 2 is 2.00 bits per heavy atom. The molecule has 0 N–H and O–H groups in total. The summed E-state index contributed by atoms with van der Waals surface area (Å²) in [7, 11) is 4.16.